The lowest BCUT2D eigenvalue weighted by molar-refractivity contribution is -0.185. The number of nitrogens with one attached hydrogen (secondary N) is 1. The number of rotatable bonds is 8. The fourth-order valence-electron chi connectivity index (χ4n) is 3.22. The number of sulfone groups is 1. The lowest BCUT2D eigenvalue weighted by Crippen LogP contribution is -2.60. The zero-order valence-electron chi connectivity index (χ0n) is 17.3. The number of carboxylic acid groups (broad SMARTS) is 1. The molecule has 1 aliphatic carbocycles. The minimum Gasteiger partial charge on any atom is -0.480 e. The van der Waals surface area contributed by atoms with E-state index in [-0.39, 0.29) is 5.92 Å². The molecule has 1 saturated carbocycles. The highest BCUT2D eigenvalue weighted by molar-refractivity contribution is 7.90. The first-order valence-corrected chi connectivity index (χ1v) is 11.8. The number of halogens is 4. The Kier molecular flexibility index (Phi) is 7.14. The molecule has 33 heavy (non-hydrogen) atoms. The van der Waals surface area contributed by atoms with Gasteiger partial charge in [0.25, 0.3) is 0 Å². The van der Waals surface area contributed by atoms with Crippen molar-refractivity contribution in [3.05, 3.63) is 71.5 Å². The summed E-state index contributed by atoms with van der Waals surface area (Å²) in [5.41, 5.74) is -3.36. The first-order valence-electron chi connectivity index (χ1n) is 10.0. The number of benzene rings is 2. The van der Waals surface area contributed by atoms with Crippen molar-refractivity contribution in [3.8, 4) is 11.8 Å². The Bertz CT molecular complexity index is 1150. The van der Waals surface area contributed by atoms with Crippen molar-refractivity contribution in [2.24, 2.45) is 5.92 Å². The summed E-state index contributed by atoms with van der Waals surface area (Å²) in [5.74, 6) is 0.152. The molecule has 0 bridgehead atoms. The molecule has 0 spiro atoms. The molecule has 5 nitrogen and oxygen atoms in total. The number of alkyl halides is 3. The largest absolute Gasteiger partial charge is 0.480 e. The molecule has 176 valence electrons. The van der Waals surface area contributed by atoms with Crippen LogP contribution in [-0.4, -0.2) is 37.5 Å². The number of hydrogen-bond acceptors (Lipinski definition) is 4. The van der Waals surface area contributed by atoms with Crippen molar-refractivity contribution in [1.29, 1.82) is 0 Å². The summed E-state index contributed by atoms with van der Waals surface area (Å²) in [4.78, 5) is 11.9. The summed E-state index contributed by atoms with van der Waals surface area (Å²) < 4.78 is 82.0. The van der Waals surface area contributed by atoms with Crippen LogP contribution in [0.15, 0.2) is 54.6 Å². The van der Waals surface area contributed by atoms with Gasteiger partial charge in [-0.1, -0.05) is 54.3 Å². The first kappa shape index (κ1) is 24.7. The predicted octanol–water partition coefficient (Wildman–Crippen LogP) is 3.65. The van der Waals surface area contributed by atoms with Crippen molar-refractivity contribution in [3.63, 3.8) is 0 Å². The third-order valence-electron chi connectivity index (χ3n) is 5.08. The molecule has 0 aliphatic heterocycles. The maximum absolute atomic E-state index is 14.4. The molecule has 1 fully saturated rings. The fraction of sp³-hybridized carbons (Fsp3) is 0.348. The number of hydrogen-bond donors (Lipinski definition) is 2. The topological polar surface area (TPSA) is 83.5 Å². The van der Waals surface area contributed by atoms with E-state index in [9.17, 15) is 35.9 Å². The van der Waals surface area contributed by atoms with Crippen LogP contribution in [0.5, 0.6) is 0 Å². The molecule has 1 unspecified atom stereocenters. The molecule has 0 radical (unpaired) electrons. The van der Waals surface area contributed by atoms with Gasteiger partial charge in [-0.25, -0.2) is 12.8 Å². The molecular weight excluding hydrogens is 462 g/mol. The van der Waals surface area contributed by atoms with Crippen LogP contribution in [-0.2, 0) is 25.9 Å². The second-order valence-electron chi connectivity index (χ2n) is 7.87. The summed E-state index contributed by atoms with van der Waals surface area (Å²) in [6.45, 7) is 0. The summed E-state index contributed by atoms with van der Waals surface area (Å²) in [6, 6.07) is 9.07. The Morgan fingerprint density at radius 2 is 1.70 bits per heavy atom. The first-order chi connectivity index (χ1) is 15.4. The van der Waals surface area contributed by atoms with Crippen molar-refractivity contribution in [2.45, 2.75) is 36.4 Å². The second kappa shape index (κ2) is 9.53. The summed E-state index contributed by atoms with van der Waals surface area (Å²) in [6.07, 6.45) is -3.92. The fourth-order valence-corrected chi connectivity index (χ4v) is 4.77. The quantitative estimate of drug-likeness (QED) is 0.443. The lowest BCUT2D eigenvalue weighted by Gasteiger charge is -2.35. The summed E-state index contributed by atoms with van der Waals surface area (Å²) in [5, 5.41) is 11.6. The molecule has 1 aliphatic rings. The van der Waals surface area contributed by atoms with Gasteiger partial charge in [-0.05, 0) is 36.1 Å². The van der Waals surface area contributed by atoms with Gasteiger partial charge in [0, 0.05) is 5.92 Å². The van der Waals surface area contributed by atoms with E-state index in [0.717, 1.165) is 24.3 Å². The number of carbonyl (C=O) groups is 1. The van der Waals surface area contributed by atoms with Gasteiger partial charge in [0.15, 0.2) is 9.84 Å². The Morgan fingerprint density at radius 1 is 1.09 bits per heavy atom. The van der Waals surface area contributed by atoms with Gasteiger partial charge in [0.05, 0.1) is 11.5 Å². The van der Waals surface area contributed by atoms with Gasteiger partial charge in [-0.15, -0.1) is 0 Å². The monoisotopic (exact) mass is 483 g/mol. The van der Waals surface area contributed by atoms with E-state index in [0.29, 0.717) is 18.4 Å². The van der Waals surface area contributed by atoms with Gasteiger partial charge in [-0.3, -0.25) is 10.1 Å². The molecule has 0 heterocycles. The van der Waals surface area contributed by atoms with E-state index in [1.165, 1.54) is 12.1 Å². The predicted molar refractivity (Wildman–Crippen MR) is 113 cm³/mol. The Balaban J connectivity index is 2.00. The van der Waals surface area contributed by atoms with Crippen LogP contribution in [0.1, 0.15) is 24.0 Å². The molecule has 2 N–H and O–H groups in total. The molecule has 10 heteroatoms. The van der Waals surface area contributed by atoms with Crippen molar-refractivity contribution in [1.82, 2.24) is 5.32 Å². The van der Waals surface area contributed by atoms with Crippen LogP contribution in [0, 0.1) is 23.6 Å². The molecule has 0 amide bonds. The Hall–Kier alpha value is -2.90. The highest BCUT2D eigenvalue weighted by Crippen LogP contribution is 2.40. The van der Waals surface area contributed by atoms with Crippen molar-refractivity contribution >= 4 is 15.8 Å². The van der Waals surface area contributed by atoms with E-state index in [4.69, 9.17) is 0 Å². The van der Waals surface area contributed by atoms with Crippen LogP contribution >= 0.6 is 0 Å². The van der Waals surface area contributed by atoms with E-state index >= 15 is 0 Å². The van der Waals surface area contributed by atoms with E-state index in [1.54, 1.807) is 18.2 Å². The molecule has 0 aromatic heterocycles. The van der Waals surface area contributed by atoms with Crippen LogP contribution in [0.25, 0.3) is 0 Å². The van der Waals surface area contributed by atoms with Crippen molar-refractivity contribution < 1.29 is 35.9 Å². The molecule has 2 aromatic carbocycles. The van der Waals surface area contributed by atoms with Crippen LogP contribution < -0.4 is 5.32 Å². The molecule has 2 aromatic rings. The number of aliphatic carboxylic acids is 1. The normalized spacial score (nSPS) is 16.8. The van der Waals surface area contributed by atoms with Gasteiger partial charge in [-0.2, -0.15) is 13.2 Å². The van der Waals surface area contributed by atoms with Gasteiger partial charge < -0.3 is 5.11 Å². The minimum atomic E-state index is -5.14. The zero-order valence-corrected chi connectivity index (χ0v) is 18.1. The highest BCUT2D eigenvalue weighted by Gasteiger charge is 2.57. The van der Waals surface area contributed by atoms with E-state index < -0.39 is 56.5 Å². The van der Waals surface area contributed by atoms with Crippen LogP contribution in [0.3, 0.4) is 0 Å². The number of carboxylic acids is 1. The smallest absolute Gasteiger partial charge is 0.422 e. The molecule has 3 rings (SSSR count). The summed E-state index contributed by atoms with van der Waals surface area (Å²) in [7, 11) is -4.12. The van der Waals surface area contributed by atoms with Crippen LogP contribution in [0.2, 0.25) is 0 Å². The van der Waals surface area contributed by atoms with E-state index in [1.807, 2.05) is 5.32 Å². The lowest BCUT2D eigenvalue weighted by atomic mass is 9.88. The van der Waals surface area contributed by atoms with E-state index in [2.05, 4.69) is 11.8 Å². The highest BCUT2D eigenvalue weighted by atomic mass is 32.2. The SMILES string of the molecule is O=C(O)C(CS(=O)(=O)Cc1ccccc1)N[C@@](C#CC1CC1)(c1ccc(F)cc1)C(F)(F)F. The second-order valence-corrected chi connectivity index (χ2v) is 9.98. The maximum atomic E-state index is 14.4. The maximum Gasteiger partial charge on any atom is 0.422 e. The Labute approximate surface area is 188 Å². The molecular formula is C23H21F4NO4S. The van der Waals surface area contributed by atoms with Gasteiger partial charge in [0.2, 0.25) is 5.54 Å². The third kappa shape index (κ3) is 6.33. The summed E-state index contributed by atoms with van der Waals surface area (Å²) >= 11 is 0. The average molecular weight is 483 g/mol. The third-order valence-corrected chi connectivity index (χ3v) is 6.70. The standard InChI is InChI=1S/C23H21F4NO4S/c24-19-10-8-18(9-11-19)22(23(25,26)27,13-12-16-6-7-16)28-20(21(29)30)15-33(31,32)14-17-4-2-1-3-5-17/h1-5,8-11,16,20,28H,6-7,14-15H2,(H,29,30)/t20?,22-/m0/s1. The zero-order chi connectivity index (χ0) is 24.3. The van der Waals surface area contributed by atoms with Gasteiger partial charge in [0.1, 0.15) is 11.9 Å². The average Bonchev–Trinajstić information content (AvgIpc) is 3.55. The van der Waals surface area contributed by atoms with Gasteiger partial charge >= 0.3 is 12.1 Å². The van der Waals surface area contributed by atoms with Crippen molar-refractivity contribution in [2.75, 3.05) is 5.75 Å². The Morgan fingerprint density at radius 3 is 2.21 bits per heavy atom. The molecule has 0 saturated heterocycles. The molecule has 2 atom stereocenters. The minimum absolute atomic E-state index is 0.265. The van der Waals surface area contributed by atoms with Crippen LogP contribution in [0.4, 0.5) is 17.6 Å².